The topological polar surface area (TPSA) is 61.7 Å². The standard InChI is InChI=1S/C24H33N5O2/c1-19-21(5-4-10-25-19)27-13-15-28(16-14-27)23(31)18-29-17-20(6-7-22(29)30)26-11-8-24(2,3)9-12-26/h4-7,10,17H,8-9,11-16,18H2,1-3H3. The van der Waals surface area contributed by atoms with Crippen LogP contribution in [0.4, 0.5) is 11.4 Å². The van der Waals surface area contributed by atoms with Gasteiger partial charge in [-0.15, -0.1) is 0 Å². The van der Waals surface area contributed by atoms with Crippen LogP contribution in [0, 0.1) is 12.3 Å². The summed E-state index contributed by atoms with van der Waals surface area (Å²) in [4.78, 5) is 36.2. The molecule has 0 bridgehead atoms. The van der Waals surface area contributed by atoms with Crippen LogP contribution in [0.5, 0.6) is 0 Å². The SMILES string of the molecule is Cc1ncccc1N1CCN(C(=O)Cn2cc(N3CCC(C)(C)CC3)ccc2=O)CC1. The highest BCUT2D eigenvalue weighted by molar-refractivity contribution is 5.76. The predicted octanol–water partition coefficient (Wildman–Crippen LogP) is 2.53. The van der Waals surface area contributed by atoms with Crippen LogP contribution in [0.2, 0.25) is 0 Å². The number of piperazine rings is 1. The number of nitrogens with zero attached hydrogens (tertiary/aromatic N) is 5. The Labute approximate surface area is 184 Å². The molecule has 0 unspecified atom stereocenters. The minimum atomic E-state index is -0.126. The largest absolute Gasteiger partial charge is 0.370 e. The molecule has 0 spiro atoms. The van der Waals surface area contributed by atoms with Gasteiger partial charge in [0.05, 0.1) is 17.1 Å². The van der Waals surface area contributed by atoms with Crippen molar-refractivity contribution in [2.45, 2.75) is 40.2 Å². The maximum atomic E-state index is 12.9. The Morgan fingerprint density at radius 2 is 1.71 bits per heavy atom. The lowest BCUT2D eigenvalue weighted by atomic mass is 9.82. The molecule has 2 aromatic rings. The molecule has 0 radical (unpaired) electrons. The fourth-order valence-corrected chi connectivity index (χ4v) is 4.45. The monoisotopic (exact) mass is 423 g/mol. The van der Waals surface area contributed by atoms with Gasteiger partial charge in [-0.25, -0.2) is 0 Å². The fraction of sp³-hybridized carbons (Fsp3) is 0.542. The zero-order valence-corrected chi connectivity index (χ0v) is 18.9. The fourth-order valence-electron chi connectivity index (χ4n) is 4.45. The Hall–Kier alpha value is -2.83. The van der Waals surface area contributed by atoms with Gasteiger partial charge in [-0.3, -0.25) is 14.6 Å². The van der Waals surface area contributed by atoms with E-state index in [2.05, 4.69) is 34.7 Å². The third kappa shape index (κ3) is 4.92. The summed E-state index contributed by atoms with van der Waals surface area (Å²) in [6, 6.07) is 7.50. The van der Waals surface area contributed by atoms with Crippen LogP contribution < -0.4 is 15.4 Å². The molecule has 7 nitrogen and oxygen atoms in total. The first-order valence-electron chi connectivity index (χ1n) is 11.2. The number of piperidine rings is 1. The van der Waals surface area contributed by atoms with Crippen molar-refractivity contribution in [1.82, 2.24) is 14.5 Å². The molecule has 4 heterocycles. The Morgan fingerprint density at radius 1 is 1.00 bits per heavy atom. The molecule has 2 fully saturated rings. The first kappa shape index (κ1) is 21.4. The van der Waals surface area contributed by atoms with Crippen LogP contribution in [0.25, 0.3) is 0 Å². The molecule has 7 heteroatoms. The van der Waals surface area contributed by atoms with Crippen LogP contribution in [0.15, 0.2) is 41.5 Å². The molecule has 0 aliphatic carbocycles. The van der Waals surface area contributed by atoms with E-state index in [-0.39, 0.29) is 18.0 Å². The number of pyridine rings is 2. The van der Waals surface area contributed by atoms with E-state index in [0.29, 0.717) is 18.5 Å². The van der Waals surface area contributed by atoms with Gasteiger partial charge in [0.25, 0.3) is 5.56 Å². The van der Waals surface area contributed by atoms with Crippen molar-refractivity contribution >= 4 is 17.3 Å². The normalized spacial score (nSPS) is 18.9. The maximum absolute atomic E-state index is 12.9. The van der Waals surface area contributed by atoms with Crippen molar-refractivity contribution in [2.24, 2.45) is 5.41 Å². The molecular formula is C24H33N5O2. The molecule has 1 amide bonds. The summed E-state index contributed by atoms with van der Waals surface area (Å²) in [5, 5.41) is 0. The van der Waals surface area contributed by atoms with Gasteiger partial charge in [-0.1, -0.05) is 13.8 Å². The number of aryl methyl sites for hydroxylation is 1. The van der Waals surface area contributed by atoms with Crippen molar-refractivity contribution in [3.8, 4) is 0 Å². The molecule has 0 saturated carbocycles. The highest BCUT2D eigenvalue weighted by Crippen LogP contribution is 2.31. The van der Waals surface area contributed by atoms with Crippen LogP contribution >= 0.6 is 0 Å². The maximum Gasteiger partial charge on any atom is 0.251 e. The Kier molecular flexibility index (Phi) is 6.03. The second kappa shape index (κ2) is 8.73. The van der Waals surface area contributed by atoms with E-state index in [4.69, 9.17) is 0 Å². The number of carbonyl (C=O) groups is 1. The van der Waals surface area contributed by atoms with Gasteiger partial charge in [-0.2, -0.15) is 0 Å². The summed E-state index contributed by atoms with van der Waals surface area (Å²) in [5.74, 6) is 0.00147. The molecule has 4 rings (SSSR count). The molecule has 0 N–H and O–H groups in total. The highest BCUT2D eigenvalue weighted by Gasteiger charge is 2.26. The molecule has 0 aromatic carbocycles. The van der Waals surface area contributed by atoms with Gasteiger partial charge < -0.3 is 19.3 Å². The summed E-state index contributed by atoms with van der Waals surface area (Å²) >= 11 is 0. The molecule has 2 aliphatic heterocycles. The quantitative estimate of drug-likeness (QED) is 0.756. The number of amides is 1. The van der Waals surface area contributed by atoms with E-state index in [1.165, 1.54) is 0 Å². The minimum absolute atomic E-state index is 0.00147. The first-order chi connectivity index (χ1) is 14.8. The lowest BCUT2D eigenvalue weighted by Gasteiger charge is -2.38. The van der Waals surface area contributed by atoms with Crippen LogP contribution in [-0.4, -0.2) is 59.6 Å². The summed E-state index contributed by atoms with van der Waals surface area (Å²) in [6.07, 6.45) is 5.92. The highest BCUT2D eigenvalue weighted by atomic mass is 16.2. The number of hydrogen-bond acceptors (Lipinski definition) is 5. The lowest BCUT2D eigenvalue weighted by molar-refractivity contribution is -0.132. The van der Waals surface area contributed by atoms with Crippen molar-refractivity contribution in [3.63, 3.8) is 0 Å². The number of hydrogen-bond donors (Lipinski definition) is 0. The Balaban J connectivity index is 1.38. The van der Waals surface area contributed by atoms with Gasteiger partial charge in [-0.05, 0) is 43.4 Å². The molecule has 166 valence electrons. The third-order valence-corrected chi connectivity index (χ3v) is 6.71. The predicted molar refractivity (Wildman–Crippen MR) is 124 cm³/mol. The average molecular weight is 424 g/mol. The van der Waals surface area contributed by atoms with E-state index in [1.807, 2.05) is 30.2 Å². The molecular weight excluding hydrogens is 390 g/mol. The van der Waals surface area contributed by atoms with E-state index in [0.717, 1.165) is 56.1 Å². The zero-order chi connectivity index (χ0) is 22.0. The minimum Gasteiger partial charge on any atom is -0.370 e. The van der Waals surface area contributed by atoms with Crippen LogP contribution in [-0.2, 0) is 11.3 Å². The summed E-state index contributed by atoms with van der Waals surface area (Å²) in [5.41, 5.74) is 3.41. The van der Waals surface area contributed by atoms with Crippen molar-refractivity contribution < 1.29 is 4.79 Å². The van der Waals surface area contributed by atoms with Crippen LogP contribution in [0.3, 0.4) is 0 Å². The number of rotatable bonds is 4. The number of anilines is 2. The lowest BCUT2D eigenvalue weighted by Crippen LogP contribution is -2.50. The Bertz CT molecular complexity index is 981. The average Bonchev–Trinajstić information content (AvgIpc) is 2.76. The van der Waals surface area contributed by atoms with E-state index in [1.54, 1.807) is 16.8 Å². The van der Waals surface area contributed by atoms with Crippen LogP contribution in [0.1, 0.15) is 32.4 Å². The van der Waals surface area contributed by atoms with Gasteiger partial charge in [0.15, 0.2) is 0 Å². The molecule has 2 saturated heterocycles. The summed E-state index contributed by atoms with van der Waals surface area (Å²) < 4.78 is 1.56. The van der Waals surface area contributed by atoms with Crippen molar-refractivity contribution in [2.75, 3.05) is 49.1 Å². The Morgan fingerprint density at radius 3 is 2.39 bits per heavy atom. The summed E-state index contributed by atoms with van der Waals surface area (Å²) in [6.45, 7) is 11.5. The molecule has 0 atom stereocenters. The summed E-state index contributed by atoms with van der Waals surface area (Å²) in [7, 11) is 0. The first-order valence-corrected chi connectivity index (χ1v) is 11.2. The molecule has 2 aliphatic rings. The third-order valence-electron chi connectivity index (χ3n) is 6.71. The van der Waals surface area contributed by atoms with Gasteiger partial charge in [0.2, 0.25) is 5.91 Å². The van der Waals surface area contributed by atoms with E-state index < -0.39 is 0 Å². The van der Waals surface area contributed by atoms with Gasteiger partial charge in [0, 0.05) is 57.7 Å². The number of aromatic nitrogens is 2. The van der Waals surface area contributed by atoms with Crippen molar-refractivity contribution in [3.05, 3.63) is 52.7 Å². The number of carbonyl (C=O) groups excluding carboxylic acids is 1. The smallest absolute Gasteiger partial charge is 0.251 e. The van der Waals surface area contributed by atoms with Crippen molar-refractivity contribution in [1.29, 1.82) is 0 Å². The van der Waals surface area contributed by atoms with Gasteiger partial charge in [0.1, 0.15) is 6.54 Å². The molecule has 31 heavy (non-hydrogen) atoms. The van der Waals surface area contributed by atoms with E-state index in [9.17, 15) is 9.59 Å². The van der Waals surface area contributed by atoms with Gasteiger partial charge >= 0.3 is 0 Å². The molecule has 2 aromatic heterocycles. The second-order valence-corrected chi connectivity index (χ2v) is 9.48. The van der Waals surface area contributed by atoms with E-state index >= 15 is 0 Å². The zero-order valence-electron chi connectivity index (χ0n) is 18.9. The second-order valence-electron chi connectivity index (χ2n) is 9.48.